The minimum absolute atomic E-state index is 0.426. The summed E-state index contributed by atoms with van der Waals surface area (Å²) in [5, 5.41) is 0.695. The zero-order chi connectivity index (χ0) is 12.1. The number of aromatic nitrogens is 1. The number of halogens is 1. The smallest absolute Gasteiger partial charge is 0.130 e. The number of benzene rings is 1. The first-order chi connectivity index (χ1) is 8.28. The standard InChI is InChI=1S/C13H13ClN2O/c14-10-4-6-13(7-5-10)17-9-12-3-1-2-11(8-15)16-12/h1-7H,8-9,15H2. The lowest BCUT2D eigenvalue weighted by Crippen LogP contribution is -2.04. The van der Waals surface area contributed by atoms with E-state index in [2.05, 4.69) is 4.98 Å². The summed E-state index contributed by atoms with van der Waals surface area (Å²) in [7, 11) is 0. The van der Waals surface area contributed by atoms with Crippen LogP contribution >= 0.6 is 11.6 Å². The predicted molar refractivity (Wildman–Crippen MR) is 67.9 cm³/mol. The van der Waals surface area contributed by atoms with E-state index < -0.39 is 0 Å². The summed E-state index contributed by atoms with van der Waals surface area (Å²) in [6.07, 6.45) is 0. The Kier molecular flexibility index (Phi) is 3.96. The van der Waals surface area contributed by atoms with Crippen molar-refractivity contribution in [2.75, 3.05) is 0 Å². The molecule has 3 nitrogen and oxygen atoms in total. The molecular weight excluding hydrogens is 236 g/mol. The highest BCUT2D eigenvalue weighted by molar-refractivity contribution is 6.30. The summed E-state index contributed by atoms with van der Waals surface area (Å²) in [4.78, 5) is 4.35. The number of nitrogens with zero attached hydrogens (tertiary/aromatic N) is 1. The minimum atomic E-state index is 0.426. The monoisotopic (exact) mass is 248 g/mol. The van der Waals surface area contributed by atoms with Gasteiger partial charge in [-0.1, -0.05) is 17.7 Å². The second-order valence-corrected chi connectivity index (χ2v) is 4.00. The zero-order valence-electron chi connectivity index (χ0n) is 9.27. The Morgan fingerprint density at radius 3 is 2.47 bits per heavy atom. The largest absolute Gasteiger partial charge is 0.487 e. The molecule has 0 fully saturated rings. The zero-order valence-corrected chi connectivity index (χ0v) is 10.0. The molecule has 1 heterocycles. The summed E-state index contributed by atoms with van der Waals surface area (Å²) < 4.78 is 5.58. The van der Waals surface area contributed by atoms with E-state index in [-0.39, 0.29) is 0 Å². The van der Waals surface area contributed by atoms with Crippen molar-refractivity contribution in [3.63, 3.8) is 0 Å². The van der Waals surface area contributed by atoms with Crippen LogP contribution in [0.15, 0.2) is 42.5 Å². The molecule has 1 aromatic heterocycles. The molecule has 2 aromatic rings. The van der Waals surface area contributed by atoms with Crippen LogP contribution in [0.4, 0.5) is 0 Å². The fourth-order valence-electron chi connectivity index (χ4n) is 1.41. The van der Waals surface area contributed by atoms with Crippen LogP contribution in [0.2, 0.25) is 5.02 Å². The van der Waals surface area contributed by atoms with Gasteiger partial charge in [0.2, 0.25) is 0 Å². The van der Waals surface area contributed by atoms with Gasteiger partial charge in [-0.3, -0.25) is 4.98 Å². The molecular formula is C13H13ClN2O. The van der Waals surface area contributed by atoms with E-state index in [1.165, 1.54) is 0 Å². The number of nitrogens with two attached hydrogens (primary N) is 1. The Morgan fingerprint density at radius 1 is 1.06 bits per heavy atom. The van der Waals surface area contributed by atoms with Crippen LogP contribution in [-0.4, -0.2) is 4.98 Å². The van der Waals surface area contributed by atoms with Crippen LogP contribution in [0, 0.1) is 0 Å². The van der Waals surface area contributed by atoms with Gasteiger partial charge in [-0.25, -0.2) is 0 Å². The second-order valence-electron chi connectivity index (χ2n) is 3.57. The SMILES string of the molecule is NCc1cccc(COc2ccc(Cl)cc2)n1. The quantitative estimate of drug-likeness (QED) is 0.905. The molecule has 0 aliphatic carbocycles. The Balaban J connectivity index is 1.99. The Labute approximate surface area is 105 Å². The molecule has 0 bridgehead atoms. The summed E-state index contributed by atoms with van der Waals surface area (Å²) in [5.41, 5.74) is 7.25. The molecule has 0 atom stereocenters. The Morgan fingerprint density at radius 2 is 1.76 bits per heavy atom. The van der Waals surface area contributed by atoms with Gasteiger partial charge in [-0.15, -0.1) is 0 Å². The molecule has 0 aliphatic heterocycles. The highest BCUT2D eigenvalue weighted by atomic mass is 35.5. The molecule has 0 saturated heterocycles. The van der Waals surface area contributed by atoms with Crippen LogP contribution in [0.25, 0.3) is 0 Å². The average Bonchev–Trinajstić information content (AvgIpc) is 2.38. The van der Waals surface area contributed by atoms with E-state index in [0.717, 1.165) is 17.1 Å². The van der Waals surface area contributed by atoms with E-state index in [0.29, 0.717) is 18.2 Å². The van der Waals surface area contributed by atoms with Gasteiger partial charge in [0.05, 0.1) is 11.4 Å². The number of rotatable bonds is 4. The molecule has 0 amide bonds. The molecule has 2 rings (SSSR count). The highest BCUT2D eigenvalue weighted by Crippen LogP contribution is 2.16. The van der Waals surface area contributed by atoms with E-state index >= 15 is 0 Å². The third kappa shape index (κ3) is 3.44. The Bertz CT molecular complexity index is 485. The molecule has 0 spiro atoms. The van der Waals surface area contributed by atoms with Gasteiger partial charge in [-0.05, 0) is 36.4 Å². The van der Waals surface area contributed by atoms with Gasteiger partial charge in [-0.2, -0.15) is 0 Å². The van der Waals surface area contributed by atoms with Crippen molar-refractivity contribution >= 4 is 11.6 Å². The first-order valence-electron chi connectivity index (χ1n) is 5.31. The van der Waals surface area contributed by atoms with Gasteiger partial charge < -0.3 is 10.5 Å². The first-order valence-corrected chi connectivity index (χ1v) is 5.69. The number of hydrogen-bond donors (Lipinski definition) is 1. The van der Waals surface area contributed by atoms with Crippen molar-refractivity contribution < 1.29 is 4.74 Å². The number of hydrogen-bond acceptors (Lipinski definition) is 3. The summed E-state index contributed by atoms with van der Waals surface area (Å²) in [6.45, 7) is 0.865. The topological polar surface area (TPSA) is 48.1 Å². The molecule has 1 aromatic carbocycles. The van der Waals surface area contributed by atoms with Crippen molar-refractivity contribution in [3.8, 4) is 5.75 Å². The normalized spacial score (nSPS) is 10.2. The first kappa shape index (κ1) is 11.9. The lowest BCUT2D eigenvalue weighted by Gasteiger charge is -2.06. The van der Waals surface area contributed by atoms with E-state index in [1.807, 2.05) is 30.3 Å². The Hall–Kier alpha value is -1.58. The van der Waals surface area contributed by atoms with Crippen LogP contribution in [0.3, 0.4) is 0 Å². The van der Waals surface area contributed by atoms with Crippen molar-refractivity contribution in [1.29, 1.82) is 0 Å². The second kappa shape index (κ2) is 5.66. The van der Waals surface area contributed by atoms with E-state index in [4.69, 9.17) is 22.1 Å². The minimum Gasteiger partial charge on any atom is -0.487 e. The van der Waals surface area contributed by atoms with Crippen molar-refractivity contribution in [3.05, 3.63) is 58.9 Å². The number of ether oxygens (including phenoxy) is 1. The maximum absolute atomic E-state index is 5.79. The van der Waals surface area contributed by atoms with Crippen LogP contribution in [-0.2, 0) is 13.2 Å². The van der Waals surface area contributed by atoms with Crippen LogP contribution < -0.4 is 10.5 Å². The average molecular weight is 249 g/mol. The van der Waals surface area contributed by atoms with Gasteiger partial charge in [0.15, 0.2) is 0 Å². The third-order valence-corrected chi connectivity index (χ3v) is 2.53. The van der Waals surface area contributed by atoms with Crippen molar-refractivity contribution in [1.82, 2.24) is 4.98 Å². The van der Waals surface area contributed by atoms with Crippen LogP contribution in [0.1, 0.15) is 11.4 Å². The van der Waals surface area contributed by atoms with E-state index in [1.54, 1.807) is 12.1 Å². The fraction of sp³-hybridized carbons (Fsp3) is 0.154. The molecule has 0 saturated carbocycles. The van der Waals surface area contributed by atoms with Gasteiger partial charge in [0.1, 0.15) is 12.4 Å². The fourth-order valence-corrected chi connectivity index (χ4v) is 1.54. The maximum Gasteiger partial charge on any atom is 0.130 e. The van der Waals surface area contributed by atoms with E-state index in [9.17, 15) is 0 Å². The highest BCUT2D eigenvalue weighted by Gasteiger charge is 1.98. The summed E-state index contributed by atoms with van der Waals surface area (Å²) in [6, 6.07) is 13.0. The molecule has 17 heavy (non-hydrogen) atoms. The molecule has 0 unspecified atom stereocenters. The third-order valence-electron chi connectivity index (χ3n) is 2.27. The van der Waals surface area contributed by atoms with Crippen molar-refractivity contribution in [2.45, 2.75) is 13.2 Å². The summed E-state index contributed by atoms with van der Waals surface area (Å²) in [5.74, 6) is 0.773. The summed E-state index contributed by atoms with van der Waals surface area (Å²) >= 11 is 5.79. The van der Waals surface area contributed by atoms with Crippen molar-refractivity contribution in [2.24, 2.45) is 5.73 Å². The molecule has 0 aliphatic rings. The van der Waals surface area contributed by atoms with Gasteiger partial charge >= 0.3 is 0 Å². The lowest BCUT2D eigenvalue weighted by atomic mass is 10.3. The molecule has 88 valence electrons. The van der Waals surface area contributed by atoms with Gasteiger partial charge in [0, 0.05) is 11.6 Å². The number of pyridine rings is 1. The molecule has 2 N–H and O–H groups in total. The maximum atomic E-state index is 5.79. The van der Waals surface area contributed by atoms with Gasteiger partial charge in [0.25, 0.3) is 0 Å². The van der Waals surface area contributed by atoms with Crippen LogP contribution in [0.5, 0.6) is 5.75 Å². The molecule has 4 heteroatoms. The lowest BCUT2D eigenvalue weighted by molar-refractivity contribution is 0.301. The predicted octanol–water partition coefficient (Wildman–Crippen LogP) is 2.77. The molecule has 0 radical (unpaired) electrons.